The Morgan fingerprint density at radius 2 is 2.05 bits per heavy atom. The van der Waals surface area contributed by atoms with Crippen molar-refractivity contribution in [3.63, 3.8) is 0 Å². The van der Waals surface area contributed by atoms with Gasteiger partial charge in [-0.15, -0.1) is 0 Å². The molecule has 0 spiro atoms. The van der Waals surface area contributed by atoms with E-state index in [1.54, 1.807) is 6.20 Å². The zero-order chi connectivity index (χ0) is 15.4. The lowest BCUT2D eigenvalue weighted by Crippen LogP contribution is -2.30. The normalized spacial score (nSPS) is 12.4. The first kappa shape index (κ1) is 15.8. The number of aryl methyl sites for hydroxylation is 1. The summed E-state index contributed by atoms with van der Waals surface area (Å²) in [6, 6.07) is 5.23. The van der Waals surface area contributed by atoms with Crippen LogP contribution in [-0.4, -0.2) is 4.98 Å². The zero-order valence-electron chi connectivity index (χ0n) is 11.5. The van der Waals surface area contributed by atoms with Crippen LogP contribution in [0.25, 0.3) is 0 Å². The summed E-state index contributed by atoms with van der Waals surface area (Å²) in [6.07, 6.45) is 3.00. The quantitative estimate of drug-likeness (QED) is 0.506. The Labute approximate surface area is 127 Å². The molecule has 0 aliphatic carbocycles. The van der Waals surface area contributed by atoms with Gasteiger partial charge in [0.2, 0.25) is 0 Å². The Hall–Kier alpha value is -1.56. The van der Waals surface area contributed by atoms with Gasteiger partial charge in [-0.1, -0.05) is 24.6 Å². The lowest BCUT2D eigenvalue weighted by atomic mass is 10.0. The van der Waals surface area contributed by atoms with E-state index in [1.165, 1.54) is 0 Å². The molecule has 0 amide bonds. The topological polar surface area (TPSA) is 50.9 Å². The van der Waals surface area contributed by atoms with Gasteiger partial charge < -0.3 is 0 Å². The van der Waals surface area contributed by atoms with Crippen LogP contribution in [0.15, 0.2) is 30.5 Å². The van der Waals surface area contributed by atoms with E-state index in [0.29, 0.717) is 6.42 Å². The molecule has 0 fully saturated rings. The van der Waals surface area contributed by atoms with Gasteiger partial charge in [-0.05, 0) is 30.2 Å². The number of aromatic nitrogens is 1. The van der Waals surface area contributed by atoms with Crippen LogP contribution in [-0.2, 0) is 12.8 Å². The SMILES string of the molecule is CCc1ccc(CC(NN)c2cc(F)c(Cl)cc2F)nc1. The fraction of sp³-hybridized carbons (Fsp3) is 0.267. The first-order valence-corrected chi connectivity index (χ1v) is 6.97. The zero-order valence-corrected chi connectivity index (χ0v) is 12.3. The van der Waals surface area contributed by atoms with Gasteiger partial charge in [0.1, 0.15) is 11.6 Å². The van der Waals surface area contributed by atoms with E-state index >= 15 is 0 Å². The second kappa shape index (κ2) is 6.93. The van der Waals surface area contributed by atoms with E-state index in [0.717, 1.165) is 29.8 Å². The van der Waals surface area contributed by atoms with Crippen LogP contribution in [0.5, 0.6) is 0 Å². The van der Waals surface area contributed by atoms with E-state index < -0.39 is 17.7 Å². The Morgan fingerprint density at radius 1 is 1.29 bits per heavy atom. The number of hydrogen-bond donors (Lipinski definition) is 2. The van der Waals surface area contributed by atoms with Crippen LogP contribution < -0.4 is 11.3 Å². The molecule has 2 rings (SSSR count). The molecule has 1 heterocycles. The third-order valence-corrected chi connectivity index (χ3v) is 3.61. The summed E-state index contributed by atoms with van der Waals surface area (Å²) >= 11 is 5.55. The molecule has 0 radical (unpaired) electrons. The van der Waals surface area contributed by atoms with Gasteiger partial charge in [-0.25, -0.2) is 8.78 Å². The minimum atomic E-state index is -0.678. The predicted octanol–water partition coefficient (Wildman–Crippen LogP) is 3.32. The third-order valence-electron chi connectivity index (χ3n) is 3.32. The molecule has 0 saturated heterocycles. The number of hydrazine groups is 1. The maximum absolute atomic E-state index is 13.9. The highest BCUT2D eigenvalue weighted by Gasteiger charge is 2.18. The smallest absolute Gasteiger partial charge is 0.142 e. The van der Waals surface area contributed by atoms with Crippen molar-refractivity contribution in [1.29, 1.82) is 0 Å². The van der Waals surface area contributed by atoms with Crippen LogP contribution in [0.2, 0.25) is 5.02 Å². The predicted molar refractivity (Wildman–Crippen MR) is 78.8 cm³/mol. The van der Waals surface area contributed by atoms with Crippen molar-refractivity contribution in [2.24, 2.45) is 5.84 Å². The van der Waals surface area contributed by atoms with Crippen molar-refractivity contribution >= 4 is 11.6 Å². The van der Waals surface area contributed by atoms with Gasteiger partial charge in [0.15, 0.2) is 0 Å². The molecule has 0 saturated carbocycles. The fourth-order valence-electron chi connectivity index (χ4n) is 2.06. The highest BCUT2D eigenvalue weighted by molar-refractivity contribution is 6.30. The summed E-state index contributed by atoms with van der Waals surface area (Å²) in [5, 5.41) is -0.252. The van der Waals surface area contributed by atoms with Crippen LogP contribution in [0.3, 0.4) is 0 Å². The first-order valence-electron chi connectivity index (χ1n) is 6.59. The summed E-state index contributed by atoms with van der Waals surface area (Å²) in [7, 11) is 0. The maximum Gasteiger partial charge on any atom is 0.142 e. The van der Waals surface area contributed by atoms with Crippen molar-refractivity contribution in [2.75, 3.05) is 0 Å². The monoisotopic (exact) mass is 311 g/mol. The van der Waals surface area contributed by atoms with Gasteiger partial charge in [0.25, 0.3) is 0 Å². The standard InChI is InChI=1S/C15H16ClF2N3/c1-2-9-3-4-10(20-8-9)5-15(21-19)11-6-14(18)12(16)7-13(11)17/h3-4,6-8,15,21H,2,5,19H2,1H3. The minimum absolute atomic E-state index is 0.126. The number of halogens is 3. The van der Waals surface area contributed by atoms with Crippen LogP contribution in [0.1, 0.15) is 29.8 Å². The lowest BCUT2D eigenvalue weighted by molar-refractivity contribution is 0.499. The molecular formula is C15H16ClF2N3. The molecule has 3 nitrogen and oxygen atoms in total. The average Bonchev–Trinajstić information content (AvgIpc) is 2.49. The number of nitrogens with two attached hydrogens (primary N) is 1. The molecule has 1 unspecified atom stereocenters. The number of rotatable bonds is 5. The van der Waals surface area contributed by atoms with E-state index in [-0.39, 0.29) is 10.6 Å². The highest BCUT2D eigenvalue weighted by atomic mass is 35.5. The first-order chi connectivity index (χ1) is 10.0. The highest BCUT2D eigenvalue weighted by Crippen LogP contribution is 2.25. The third kappa shape index (κ3) is 3.75. The molecular weight excluding hydrogens is 296 g/mol. The lowest BCUT2D eigenvalue weighted by Gasteiger charge is -2.17. The molecule has 6 heteroatoms. The summed E-state index contributed by atoms with van der Waals surface area (Å²) < 4.78 is 27.4. The molecule has 1 aromatic carbocycles. The molecule has 0 aliphatic rings. The van der Waals surface area contributed by atoms with E-state index in [9.17, 15) is 8.78 Å². The number of hydrogen-bond acceptors (Lipinski definition) is 3. The second-order valence-electron chi connectivity index (χ2n) is 4.72. The van der Waals surface area contributed by atoms with E-state index in [2.05, 4.69) is 10.4 Å². The Morgan fingerprint density at radius 3 is 2.62 bits per heavy atom. The fourth-order valence-corrected chi connectivity index (χ4v) is 2.21. The molecule has 1 atom stereocenters. The van der Waals surface area contributed by atoms with Crippen LogP contribution >= 0.6 is 11.6 Å². The van der Waals surface area contributed by atoms with Gasteiger partial charge in [-0.3, -0.25) is 16.3 Å². The molecule has 1 aromatic heterocycles. The van der Waals surface area contributed by atoms with Crippen LogP contribution in [0.4, 0.5) is 8.78 Å². The van der Waals surface area contributed by atoms with E-state index in [1.807, 2.05) is 19.1 Å². The summed E-state index contributed by atoms with van der Waals surface area (Å²) in [4.78, 5) is 4.29. The van der Waals surface area contributed by atoms with E-state index in [4.69, 9.17) is 17.4 Å². The van der Waals surface area contributed by atoms with Crippen LogP contribution in [0, 0.1) is 11.6 Å². The maximum atomic E-state index is 13.9. The molecule has 0 aliphatic heterocycles. The molecule has 0 bridgehead atoms. The molecule has 2 aromatic rings. The Balaban J connectivity index is 2.25. The number of pyridine rings is 1. The number of nitrogens with one attached hydrogen (secondary N) is 1. The molecule has 3 N–H and O–H groups in total. The second-order valence-corrected chi connectivity index (χ2v) is 5.13. The van der Waals surface area contributed by atoms with Crippen molar-refractivity contribution in [3.05, 3.63) is 63.9 Å². The van der Waals surface area contributed by atoms with Crippen molar-refractivity contribution in [3.8, 4) is 0 Å². The Bertz CT molecular complexity index is 617. The summed E-state index contributed by atoms with van der Waals surface area (Å²) in [5.41, 5.74) is 4.47. The minimum Gasteiger partial charge on any atom is -0.271 e. The largest absolute Gasteiger partial charge is 0.271 e. The van der Waals surface area contributed by atoms with Gasteiger partial charge in [-0.2, -0.15) is 0 Å². The van der Waals surface area contributed by atoms with Gasteiger partial charge in [0.05, 0.1) is 11.1 Å². The number of benzene rings is 1. The van der Waals surface area contributed by atoms with Crippen molar-refractivity contribution in [1.82, 2.24) is 10.4 Å². The molecule has 21 heavy (non-hydrogen) atoms. The van der Waals surface area contributed by atoms with Crippen molar-refractivity contribution < 1.29 is 8.78 Å². The average molecular weight is 312 g/mol. The Kier molecular flexibility index (Phi) is 5.22. The summed E-state index contributed by atoms with van der Waals surface area (Å²) in [6.45, 7) is 2.03. The van der Waals surface area contributed by atoms with Crippen molar-refractivity contribution in [2.45, 2.75) is 25.8 Å². The summed E-state index contributed by atoms with van der Waals surface area (Å²) in [5.74, 6) is 4.19. The van der Waals surface area contributed by atoms with Gasteiger partial charge >= 0.3 is 0 Å². The number of nitrogens with zero attached hydrogens (tertiary/aromatic N) is 1. The molecule has 112 valence electrons. The van der Waals surface area contributed by atoms with Gasteiger partial charge in [0, 0.05) is 23.9 Å².